The van der Waals surface area contributed by atoms with Crippen LogP contribution < -0.4 is 26.7 Å². The molecule has 0 saturated carbocycles. The molecule has 5 N–H and O–H groups in total. The molecule has 0 aliphatic rings. The zero-order valence-electron chi connectivity index (χ0n) is 19.3. The summed E-state index contributed by atoms with van der Waals surface area (Å²) in [5.41, 5.74) is 9.04. The number of carbonyl (C=O) groups excluding carboxylic acids is 2. The molecule has 35 heavy (non-hydrogen) atoms. The zero-order valence-corrected chi connectivity index (χ0v) is 19.3. The molecule has 178 valence electrons. The second kappa shape index (κ2) is 10.1. The third kappa shape index (κ3) is 5.30. The lowest BCUT2D eigenvalue weighted by Crippen LogP contribution is -2.26. The van der Waals surface area contributed by atoms with Gasteiger partial charge in [0.1, 0.15) is 5.56 Å². The van der Waals surface area contributed by atoms with Crippen LogP contribution in [-0.4, -0.2) is 35.4 Å². The van der Waals surface area contributed by atoms with Crippen LogP contribution in [0.25, 0.3) is 10.9 Å². The highest BCUT2D eigenvalue weighted by atomic mass is 16.5. The third-order valence-electron chi connectivity index (χ3n) is 5.64. The molecule has 0 spiro atoms. The first kappa shape index (κ1) is 23.5. The molecule has 0 saturated heterocycles. The molecule has 2 amide bonds. The van der Waals surface area contributed by atoms with Crippen LogP contribution in [0.3, 0.4) is 0 Å². The first-order valence-corrected chi connectivity index (χ1v) is 11.0. The second-order valence-electron chi connectivity index (χ2n) is 8.01. The first-order chi connectivity index (χ1) is 16.9. The van der Waals surface area contributed by atoms with E-state index >= 15 is 0 Å². The fourth-order valence-corrected chi connectivity index (χ4v) is 3.62. The highest BCUT2D eigenvalue weighted by Crippen LogP contribution is 2.19. The molecule has 9 nitrogen and oxygen atoms in total. The number of amides is 2. The van der Waals surface area contributed by atoms with Crippen LogP contribution in [0, 0.1) is 6.92 Å². The Morgan fingerprint density at radius 1 is 1.09 bits per heavy atom. The Hall–Kier alpha value is -4.66. The molecular formula is C26H25N5O4. The number of anilines is 2. The van der Waals surface area contributed by atoms with Crippen LogP contribution in [0.5, 0.6) is 5.88 Å². The number of para-hydroxylation sites is 1. The number of nitrogens with one attached hydrogen (secondary N) is 3. The van der Waals surface area contributed by atoms with E-state index in [4.69, 9.17) is 10.5 Å². The number of pyridine rings is 2. The van der Waals surface area contributed by atoms with Crippen molar-refractivity contribution in [3.05, 3.63) is 93.4 Å². The number of ether oxygens (including phenoxy) is 1. The van der Waals surface area contributed by atoms with Crippen molar-refractivity contribution < 1.29 is 14.3 Å². The number of hydrogen-bond acceptors (Lipinski definition) is 6. The fourth-order valence-electron chi connectivity index (χ4n) is 3.62. The Kier molecular flexibility index (Phi) is 6.77. The number of H-pyrrole nitrogens is 1. The number of carbonyl (C=O) groups is 2. The van der Waals surface area contributed by atoms with Gasteiger partial charge in [0.15, 0.2) is 0 Å². The summed E-state index contributed by atoms with van der Waals surface area (Å²) in [4.78, 5) is 44.9. The quantitative estimate of drug-likeness (QED) is 0.306. The van der Waals surface area contributed by atoms with Crippen molar-refractivity contribution in [1.29, 1.82) is 0 Å². The van der Waals surface area contributed by atoms with Crippen molar-refractivity contribution in [2.24, 2.45) is 0 Å². The van der Waals surface area contributed by atoms with E-state index in [-0.39, 0.29) is 11.5 Å². The Morgan fingerprint density at radius 3 is 2.66 bits per heavy atom. The predicted molar refractivity (Wildman–Crippen MR) is 135 cm³/mol. The molecule has 0 bridgehead atoms. The van der Waals surface area contributed by atoms with Crippen molar-refractivity contribution in [3.63, 3.8) is 0 Å². The van der Waals surface area contributed by atoms with Gasteiger partial charge in [-0.25, -0.2) is 4.98 Å². The molecule has 0 aliphatic heterocycles. The topological polar surface area (TPSA) is 139 Å². The molecular weight excluding hydrogens is 446 g/mol. The highest BCUT2D eigenvalue weighted by Gasteiger charge is 2.15. The Balaban J connectivity index is 1.48. The smallest absolute Gasteiger partial charge is 0.261 e. The molecule has 4 aromatic rings. The minimum Gasteiger partial charge on any atom is -0.481 e. The van der Waals surface area contributed by atoms with Gasteiger partial charge in [0.25, 0.3) is 17.4 Å². The summed E-state index contributed by atoms with van der Waals surface area (Å²) in [5, 5.41) is 6.19. The molecule has 0 aliphatic carbocycles. The summed E-state index contributed by atoms with van der Waals surface area (Å²) in [7, 11) is 1.48. The van der Waals surface area contributed by atoms with Gasteiger partial charge >= 0.3 is 0 Å². The Bertz CT molecular complexity index is 1480. The van der Waals surface area contributed by atoms with Crippen LogP contribution in [0.2, 0.25) is 0 Å². The number of methoxy groups -OCH3 is 1. The maximum atomic E-state index is 12.9. The van der Waals surface area contributed by atoms with Gasteiger partial charge in [-0.1, -0.05) is 24.3 Å². The number of nitrogen functional groups attached to an aromatic ring is 1. The number of hydrogen-bond donors (Lipinski definition) is 4. The van der Waals surface area contributed by atoms with E-state index in [0.29, 0.717) is 46.7 Å². The molecule has 9 heteroatoms. The van der Waals surface area contributed by atoms with Crippen LogP contribution in [-0.2, 0) is 6.42 Å². The molecule has 0 unspecified atom stereocenters. The van der Waals surface area contributed by atoms with Crippen molar-refractivity contribution in [3.8, 4) is 5.88 Å². The zero-order chi connectivity index (χ0) is 24.9. The van der Waals surface area contributed by atoms with E-state index in [2.05, 4.69) is 20.6 Å². The van der Waals surface area contributed by atoms with Gasteiger partial charge in [0, 0.05) is 41.1 Å². The van der Waals surface area contributed by atoms with E-state index in [0.717, 1.165) is 11.1 Å². The average molecular weight is 472 g/mol. The maximum absolute atomic E-state index is 12.9. The van der Waals surface area contributed by atoms with Crippen LogP contribution in [0.15, 0.2) is 65.6 Å². The summed E-state index contributed by atoms with van der Waals surface area (Å²) in [6.45, 7) is 2.21. The highest BCUT2D eigenvalue weighted by molar-refractivity contribution is 6.06. The van der Waals surface area contributed by atoms with Crippen LogP contribution in [0.1, 0.15) is 31.8 Å². The fraction of sp³-hybridized carbons (Fsp3) is 0.154. The van der Waals surface area contributed by atoms with Gasteiger partial charge in [-0.2, -0.15) is 0 Å². The number of aromatic nitrogens is 2. The summed E-state index contributed by atoms with van der Waals surface area (Å²) >= 11 is 0. The third-order valence-corrected chi connectivity index (χ3v) is 5.64. The van der Waals surface area contributed by atoms with Gasteiger partial charge in [0.05, 0.1) is 12.6 Å². The van der Waals surface area contributed by atoms with Crippen molar-refractivity contribution in [2.45, 2.75) is 13.3 Å². The van der Waals surface area contributed by atoms with Gasteiger partial charge < -0.3 is 26.1 Å². The molecule has 2 heterocycles. The van der Waals surface area contributed by atoms with E-state index < -0.39 is 11.5 Å². The van der Waals surface area contributed by atoms with E-state index in [1.54, 1.807) is 31.2 Å². The van der Waals surface area contributed by atoms with Crippen molar-refractivity contribution in [2.75, 3.05) is 24.7 Å². The summed E-state index contributed by atoms with van der Waals surface area (Å²) in [6, 6.07) is 15.5. The van der Waals surface area contributed by atoms with Gasteiger partial charge in [0.2, 0.25) is 5.88 Å². The molecule has 0 atom stereocenters. The molecule has 0 fully saturated rings. The Labute approximate surface area is 201 Å². The molecule has 4 rings (SSSR count). The summed E-state index contributed by atoms with van der Waals surface area (Å²) in [6.07, 6.45) is 2.11. The number of rotatable bonds is 7. The molecule has 2 aromatic carbocycles. The van der Waals surface area contributed by atoms with Gasteiger partial charge in [-0.05, 0) is 48.7 Å². The molecule has 2 aromatic heterocycles. The number of benzene rings is 2. The number of fused-ring (bicyclic) bond motifs is 1. The van der Waals surface area contributed by atoms with Crippen molar-refractivity contribution in [1.82, 2.24) is 15.3 Å². The second-order valence-corrected chi connectivity index (χ2v) is 8.01. The van der Waals surface area contributed by atoms with E-state index in [1.807, 2.05) is 24.3 Å². The number of aryl methyl sites for hydroxylation is 1. The van der Waals surface area contributed by atoms with Crippen LogP contribution in [0.4, 0.5) is 11.4 Å². The normalized spacial score (nSPS) is 10.7. The summed E-state index contributed by atoms with van der Waals surface area (Å²) in [5.74, 6) is -0.522. The maximum Gasteiger partial charge on any atom is 0.261 e. The van der Waals surface area contributed by atoms with E-state index in [1.165, 1.54) is 19.4 Å². The van der Waals surface area contributed by atoms with Gasteiger partial charge in [-0.15, -0.1) is 0 Å². The SMILES string of the molecule is COc1cc2[nH]c(=O)c(C(=O)Nc3cc(C(=O)NCCc4ccccc4N)ccc3C)cc2cn1. The minimum atomic E-state index is -0.593. The monoisotopic (exact) mass is 471 g/mol. The van der Waals surface area contributed by atoms with Crippen LogP contribution >= 0.6 is 0 Å². The number of aromatic amines is 1. The molecule has 0 radical (unpaired) electrons. The number of nitrogens with zero attached hydrogens (tertiary/aromatic N) is 1. The first-order valence-electron chi connectivity index (χ1n) is 11.0. The van der Waals surface area contributed by atoms with Gasteiger partial charge in [-0.3, -0.25) is 14.4 Å². The largest absolute Gasteiger partial charge is 0.481 e. The predicted octanol–water partition coefficient (Wildman–Crippen LogP) is 3.05. The standard InChI is InChI=1S/C26H25N5O4/c1-15-7-8-17(24(32)28-10-9-16-5-3-4-6-20(16)27)12-21(15)30-25(33)19-11-18-14-29-23(35-2)13-22(18)31-26(19)34/h3-8,11-14H,9-10,27H2,1-2H3,(H,28,32)(H,30,33)(H,31,34). The van der Waals surface area contributed by atoms with E-state index in [9.17, 15) is 14.4 Å². The van der Waals surface area contributed by atoms with Crippen molar-refractivity contribution >= 4 is 34.1 Å². The number of nitrogens with two attached hydrogens (primary N) is 1. The minimum absolute atomic E-state index is 0.0702. The average Bonchev–Trinajstić information content (AvgIpc) is 2.85. The summed E-state index contributed by atoms with van der Waals surface area (Å²) < 4.78 is 5.06. The lowest BCUT2D eigenvalue weighted by atomic mass is 10.1. The Morgan fingerprint density at radius 2 is 1.89 bits per heavy atom. The lowest BCUT2D eigenvalue weighted by molar-refractivity contribution is 0.0952. The lowest BCUT2D eigenvalue weighted by Gasteiger charge is -2.12.